The van der Waals surface area contributed by atoms with Crippen molar-refractivity contribution in [1.29, 1.82) is 0 Å². The number of anilines is 1. The fraction of sp³-hybridized carbons (Fsp3) is 0.364. The zero-order valence-corrected chi connectivity index (χ0v) is 10.0. The van der Waals surface area contributed by atoms with Gasteiger partial charge in [0.15, 0.2) is 0 Å². The Morgan fingerprint density at radius 1 is 1.39 bits per heavy atom. The summed E-state index contributed by atoms with van der Waals surface area (Å²) in [6.45, 7) is -0.315. The van der Waals surface area contributed by atoms with Crippen LogP contribution in [0.3, 0.4) is 0 Å². The topological polar surface area (TPSA) is 52.3 Å². The van der Waals surface area contributed by atoms with Crippen LogP contribution in [-0.4, -0.2) is 18.8 Å². The highest BCUT2D eigenvalue weighted by Gasteiger charge is 2.26. The van der Waals surface area contributed by atoms with E-state index in [4.69, 9.17) is 17.3 Å². The predicted molar refractivity (Wildman–Crippen MR) is 61.4 cm³/mol. The van der Waals surface area contributed by atoms with E-state index in [1.165, 1.54) is 18.2 Å². The lowest BCUT2D eigenvalue weighted by molar-refractivity contribution is -0.137. The standard InChI is InChI=1S/C11H11ClF3NO2/c12-7-2-3-9(16)8(6-7)10(17)18-5-1-4-11(13,14)15/h2-3,6H,1,4-5,16H2. The van der Waals surface area contributed by atoms with Crippen molar-refractivity contribution in [3.63, 3.8) is 0 Å². The average Bonchev–Trinajstić information content (AvgIpc) is 2.26. The summed E-state index contributed by atoms with van der Waals surface area (Å²) >= 11 is 5.67. The van der Waals surface area contributed by atoms with Gasteiger partial charge in [0.2, 0.25) is 0 Å². The number of halogens is 4. The lowest BCUT2D eigenvalue weighted by atomic mass is 10.2. The molecule has 100 valence electrons. The summed E-state index contributed by atoms with van der Waals surface area (Å²) in [6.07, 6.45) is -5.53. The third kappa shape index (κ3) is 4.83. The molecule has 2 N–H and O–H groups in total. The average molecular weight is 282 g/mol. The minimum absolute atomic E-state index is 0.0505. The van der Waals surface area contributed by atoms with Crippen LogP contribution in [0.15, 0.2) is 18.2 Å². The smallest absolute Gasteiger partial charge is 0.389 e. The quantitative estimate of drug-likeness (QED) is 0.523. The molecule has 0 aromatic heterocycles. The molecule has 0 spiro atoms. The van der Waals surface area contributed by atoms with Gasteiger partial charge in [0.25, 0.3) is 0 Å². The van der Waals surface area contributed by atoms with Crippen LogP contribution in [0.25, 0.3) is 0 Å². The van der Waals surface area contributed by atoms with Crippen molar-refractivity contribution < 1.29 is 22.7 Å². The third-order valence-electron chi connectivity index (χ3n) is 2.07. The summed E-state index contributed by atoms with van der Waals surface area (Å²) in [5.41, 5.74) is 5.74. The second kappa shape index (κ2) is 5.95. The van der Waals surface area contributed by atoms with Crippen molar-refractivity contribution in [2.75, 3.05) is 12.3 Å². The first-order valence-corrected chi connectivity index (χ1v) is 5.46. The number of alkyl halides is 3. The normalized spacial score (nSPS) is 11.3. The molecule has 1 rings (SSSR count). The molecule has 0 heterocycles. The van der Waals surface area contributed by atoms with E-state index >= 15 is 0 Å². The SMILES string of the molecule is Nc1ccc(Cl)cc1C(=O)OCCCC(F)(F)F. The molecule has 18 heavy (non-hydrogen) atoms. The van der Waals surface area contributed by atoms with Crippen molar-refractivity contribution >= 4 is 23.3 Å². The van der Waals surface area contributed by atoms with Gasteiger partial charge in [0.1, 0.15) is 0 Å². The molecule has 0 aliphatic rings. The Balaban J connectivity index is 2.48. The maximum Gasteiger partial charge on any atom is 0.389 e. The number of rotatable bonds is 4. The van der Waals surface area contributed by atoms with Crippen molar-refractivity contribution in [3.8, 4) is 0 Å². The molecule has 0 aliphatic heterocycles. The molecular weight excluding hydrogens is 271 g/mol. The maximum atomic E-state index is 11.8. The van der Waals surface area contributed by atoms with Crippen LogP contribution in [-0.2, 0) is 4.74 Å². The molecule has 1 aromatic carbocycles. The van der Waals surface area contributed by atoms with E-state index in [1.807, 2.05) is 0 Å². The Morgan fingerprint density at radius 3 is 2.67 bits per heavy atom. The van der Waals surface area contributed by atoms with E-state index in [0.717, 1.165) is 0 Å². The minimum Gasteiger partial charge on any atom is -0.462 e. The maximum absolute atomic E-state index is 11.8. The van der Waals surface area contributed by atoms with Crippen LogP contribution < -0.4 is 5.73 Å². The molecule has 0 amide bonds. The molecule has 3 nitrogen and oxygen atoms in total. The van der Waals surface area contributed by atoms with Gasteiger partial charge in [-0.15, -0.1) is 0 Å². The molecule has 0 saturated carbocycles. The van der Waals surface area contributed by atoms with Gasteiger partial charge >= 0.3 is 12.1 Å². The zero-order chi connectivity index (χ0) is 13.8. The van der Waals surface area contributed by atoms with E-state index < -0.39 is 18.6 Å². The van der Waals surface area contributed by atoms with Gasteiger partial charge in [-0.05, 0) is 24.6 Å². The van der Waals surface area contributed by atoms with E-state index in [2.05, 4.69) is 4.74 Å². The number of carbonyl (C=O) groups excluding carboxylic acids is 1. The Morgan fingerprint density at radius 2 is 2.06 bits per heavy atom. The van der Waals surface area contributed by atoms with Crippen LogP contribution in [0.1, 0.15) is 23.2 Å². The second-order valence-electron chi connectivity index (χ2n) is 3.59. The molecular formula is C11H11ClF3NO2. The van der Waals surface area contributed by atoms with Crippen molar-refractivity contribution in [1.82, 2.24) is 0 Å². The number of nitrogens with two attached hydrogens (primary N) is 1. The van der Waals surface area contributed by atoms with Crippen molar-refractivity contribution in [2.24, 2.45) is 0 Å². The summed E-state index contributed by atoms with van der Waals surface area (Å²) < 4.78 is 40.2. The molecule has 0 aliphatic carbocycles. The number of benzene rings is 1. The molecule has 0 bridgehead atoms. The summed E-state index contributed by atoms with van der Waals surface area (Å²) in [5.74, 6) is -0.780. The molecule has 0 fully saturated rings. The second-order valence-corrected chi connectivity index (χ2v) is 4.02. The first kappa shape index (κ1) is 14.6. The monoisotopic (exact) mass is 281 g/mol. The van der Waals surface area contributed by atoms with Gasteiger partial charge < -0.3 is 10.5 Å². The number of esters is 1. The molecule has 0 radical (unpaired) electrons. The van der Waals surface area contributed by atoms with Gasteiger partial charge in [-0.2, -0.15) is 13.2 Å². The van der Waals surface area contributed by atoms with Crippen LogP contribution >= 0.6 is 11.6 Å². The summed E-state index contributed by atoms with van der Waals surface area (Å²) in [4.78, 5) is 11.5. The summed E-state index contributed by atoms with van der Waals surface area (Å²) in [5, 5.41) is 0.298. The Bertz CT molecular complexity index is 435. The van der Waals surface area contributed by atoms with E-state index in [9.17, 15) is 18.0 Å². The third-order valence-corrected chi connectivity index (χ3v) is 2.31. The Hall–Kier alpha value is -1.43. The number of carbonyl (C=O) groups is 1. The molecule has 0 atom stereocenters. The number of hydrogen-bond acceptors (Lipinski definition) is 3. The first-order chi connectivity index (χ1) is 8.29. The number of hydrogen-bond donors (Lipinski definition) is 1. The predicted octanol–water partition coefficient (Wildman–Crippen LogP) is 3.42. The van der Waals surface area contributed by atoms with Crippen LogP contribution in [0.4, 0.5) is 18.9 Å². The van der Waals surface area contributed by atoms with Gasteiger partial charge in [-0.25, -0.2) is 4.79 Å². The van der Waals surface area contributed by atoms with Crippen molar-refractivity contribution in [2.45, 2.75) is 19.0 Å². The van der Waals surface area contributed by atoms with Gasteiger partial charge in [0.05, 0.1) is 12.2 Å². The first-order valence-electron chi connectivity index (χ1n) is 5.08. The zero-order valence-electron chi connectivity index (χ0n) is 9.26. The Kier molecular flexibility index (Phi) is 4.84. The highest BCUT2D eigenvalue weighted by Crippen LogP contribution is 2.22. The van der Waals surface area contributed by atoms with E-state index in [-0.39, 0.29) is 24.3 Å². The molecule has 0 unspecified atom stereocenters. The lowest BCUT2D eigenvalue weighted by Crippen LogP contribution is -2.12. The fourth-order valence-electron chi connectivity index (χ4n) is 1.22. The van der Waals surface area contributed by atoms with Gasteiger partial charge in [-0.3, -0.25) is 0 Å². The van der Waals surface area contributed by atoms with Crippen LogP contribution in [0.2, 0.25) is 5.02 Å². The number of nitrogen functional groups attached to an aromatic ring is 1. The Labute approximate surface area is 107 Å². The molecule has 1 aromatic rings. The summed E-state index contributed by atoms with van der Waals surface area (Å²) in [7, 11) is 0. The van der Waals surface area contributed by atoms with Crippen LogP contribution in [0.5, 0.6) is 0 Å². The van der Waals surface area contributed by atoms with E-state index in [0.29, 0.717) is 5.02 Å². The largest absolute Gasteiger partial charge is 0.462 e. The summed E-state index contributed by atoms with van der Waals surface area (Å²) in [6, 6.07) is 4.23. The van der Waals surface area contributed by atoms with Crippen LogP contribution in [0, 0.1) is 0 Å². The van der Waals surface area contributed by atoms with Crippen molar-refractivity contribution in [3.05, 3.63) is 28.8 Å². The number of ether oxygens (including phenoxy) is 1. The van der Waals surface area contributed by atoms with Gasteiger partial charge in [0, 0.05) is 17.1 Å². The highest BCUT2D eigenvalue weighted by molar-refractivity contribution is 6.31. The van der Waals surface area contributed by atoms with E-state index in [1.54, 1.807) is 0 Å². The minimum atomic E-state index is -4.25. The molecule has 7 heteroatoms. The highest BCUT2D eigenvalue weighted by atomic mass is 35.5. The van der Waals surface area contributed by atoms with Gasteiger partial charge in [-0.1, -0.05) is 11.6 Å². The fourth-order valence-corrected chi connectivity index (χ4v) is 1.39. The lowest BCUT2D eigenvalue weighted by Gasteiger charge is -2.08. The molecule has 0 saturated heterocycles.